The minimum atomic E-state index is -1.46. The van der Waals surface area contributed by atoms with Crippen LogP contribution in [0.25, 0.3) is 0 Å². The maximum absolute atomic E-state index is 13.4. The van der Waals surface area contributed by atoms with Gasteiger partial charge in [-0.25, -0.2) is 9.59 Å². The zero-order chi connectivity index (χ0) is 36.3. The Balaban J connectivity index is 1.39. The Hall–Kier alpha value is -2.89. The van der Waals surface area contributed by atoms with E-state index in [0.717, 1.165) is 38.2 Å². The number of ether oxygens (including phenoxy) is 3. The Morgan fingerprint density at radius 3 is 2.36 bits per heavy atom. The normalized spacial score (nSPS) is 32.8. The average molecular weight is 702 g/mol. The average Bonchev–Trinajstić information content (AvgIpc) is 3.34. The van der Waals surface area contributed by atoms with Gasteiger partial charge in [-0.3, -0.25) is 9.69 Å². The second-order valence-corrected chi connectivity index (χ2v) is 15.6. The van der Waals surface area contributed by atoms with Gasteiger partial charge in [0.25, 0.3) is 0 Å². The van der Waals surface area contributed by atoms with Crippen LogP contribution in [-0.4, -0.2) is 119 Å². The molecule has 2 saturated heterocycles. The zero-order valence-corrected chi connectivity index (χ0v) is 31.1. The van der Waals surface area contributed by atoms with Gasteiger partial charge in [-0.05, 0) is 63.5 Å². The number of aliphatic hydroxyl groups is 2. The number of carbonyl (C=O) groups is 3. The van der Waals surface area contributed by atoms with Crippen molar-refractivity contribution in [2.45, 2.75) is 129 Å². The topological polar surface area (TPSA) is 129 Å². The molecular weight excluding hydrogens is 638 g/mol. The van der Waals surface area contributed by atoms with Crippen molar-refractivity contribution >= 4 is 18.2 Å². The van der Waals surface area contributed by atoms with Crippen LogP contribution in [0.5, 0.6) is 0 Å². The van der Waals surface area contributed by atoms with Crippen LogP contribution in [0.4, 0.5) is 9.59 Å². The molecule has 11 nitrogen and oxygen atoms in total. The molecule has 0 radical (unpaired) electrons. The molecule has 0 aromatic rings. The molecular formula is C39H63N3O8. The number of likely N-dealkylation sites (tertiary alicyclic amines) is 1. The first-order valence-electron chi connectivity index (χ1n) is 19.1. The quantitative estimate of drug-likeness (QED) is 0.110. The number of esters is 1. The fraction of sp³-hybridized carbons (Fsp3) is 0.769. The van der Waals surface area contributed by atoms with E-state index in [2.05, 4.69) is 11.8 Å². The van der Waals surface area contributed by atoms with E-state index in [1.807, 2.05) is 45.1 Å². The van der Waals surface area contributed by atoms with Gasteiger partial charge in [0.15, 0.2) is 6.10 Å². The summed E-state index contributed by atoms with van der Waals surface area (Å²) in [5, 5.41) is 22.2. The number of rotatable bonds is 7. The molecule has 0 unspecified atom stereocenters. The third kappa shape index (κ3) is 12.1. The van der Waals surface area contributed by atoms with E-state index in [-0.39, 0.29) is 43.8 Å². The molecule has 0 aromatic carbocycles. The number of aliphatic hydroxyl groups excluding tert-OH is 1. The lowest BCUT2D eigenvalue weighted by Gasteiger charge is -2.40. The Kier molecular flexibility index (Phi) is 15.2. The first-order chi connectivity index (χ1) is 23.8. The molecule has 3 fully saturated rings. The minimum absolute atomic E-state index is 0.0215. The predicted molar refractivity (Wildman–Crippen MR) is 192 cm³/mol. The number of hydrogen-bond acceptors (Lipinski definition) is 9. The summed E-state index contributed by atoms with van der Waals surface area (Å²) in [7, 11) is 0. The van der Waals surface area contributed by atoms with Crippen LogP contribution in [0.1, 0.15) is 98.8 Å². The van der Waals surface area contributed by atoms with Crippen molar-refractivity contribution in [2.24, 2.45) is 17.8 Å². The summed E-state index contributed by atoms with van der Waals surface area (Å²) in [6.07, 6.45) is 14.5. The fourth-order valence-electron chi connectivity index (χ4n) is 7.47. The highest BCUT2D eigenvalue weighted by Crippen LogP contribution is 2.28. The summed E-state index contributed by atoms with van der Waals surface area (Å²) < 4.78 is 17.4. The van der Waals surface area contributed by atoms with Crippen LogP contribution < -0.4 is 0 Å². The molecule has 1 aliphatic carbocycles. The molecule has 2 N–H and O–H groups in total. The second kappa shape index (κ2) is 19.1. The Bertz CT molecular complexity index is 1200. The van der Waals surface area contributed by atoms with E-state index in [4.69, 9.17) is 14.2 Å². The standard InChI is InChI=1S/C39H63N3O8/c1-28-18-20-42(26-28)37(45)48-27-29(2)11-10-12-30(3)36-31(4)15-16-34(39(5,47)19-17-33(43)25-35(44)50-36)49-38(46)41-23-21-40(22-24-41)32-13-8-6-7-9-14-32/h10-12,15-16,28-29,31-34,36,43,47H,6-9,13-14,17-27H2,1-5H3/b11-10+,16-15-,30-12+/t28-,29+,31-,33+,34-,36+,39+/m0/s1. The highest BCUT2D eigenvalue weighted by molar-refractivity contribution is 5.70. The van der Waals surface area contributed by atoms with Crippen molar-refractivity contribution in [3.05, 3.63) is 36.0 Å². The number of cyclic esters (lactones) is 1. The first-order valence-corrected chi connectivity index (χ1v) is 19.1. The van der Waals surface area contributed by atoms with Gasteiger partial charge < -0.3 is 34.2 Å². The summed E-state index contributed by atoms with van der Waals surface area (Å²) in [4.78, 5) is 44.7. The molecule has 282 valence electrons. The number of nitrogens with zero attached hydrogens (tertiary/aromatic N) is 3. The lowest BCUT2D eigenvalue weighted by molar-refractivity contribution is -0.151. The van der Waals surface area contributed by atoms with Crippen molar-refractivity contribution in [1.29, 1.82) is 0 Å². The van der Waals surface area contributed by atoms with Crippen molar-refractivity contribution in [3.8, 4) is 0 Å². The van der Waals surface area contributed by atoms with Gasteiger partial charge in [-0.2, -0.15) is 0 Å². The van der Waals surface area contributed by atoms with Crippen LogP contribution in [-0.2, 0) is 19.0 Å². The summed E-state index contributed by atoms with van der Waals surface area (Å²) in [6, 6.07) is 0.588. The summed E-state index contributed by atoms with van der Waals surface area (Å²) in [5.74, 6) is -0.385. The van der Waals surface area contributed by atoms with E-state index in [1.165, 1.54) is 38.5 Å². The second-order valence-electron chi connectivity index (χ2n) is 15.6. The lowest BCUT2D eigenvalue weighted by Crippen LogP contribution is -2.53. The van der Waals surface area contributed by atoms with Crippen molar-refractivity contribution in [3.63, 3.8) is 0 Å². The minimum Gasteiger partial charge on any atom is -0.457 e. The van der Waals surface area contributed by atoms with Crippen molar-refractivity contribution in [1.82, 2.24) is 14.7 Å². The SMILES string of the molecule is C/C(=C\C=C\[C@@H](C)COC(=O)N1CC[C@H](C)C1)[C@H]1OC(=O)C[C@H](O)CC[C@@](C)(O)[C@@H](OC(=O)N2CCN(C3CCCCCC3)CC2)/C=C\[C@@H]1C. The Morgan fingerprint density at radius 2 is 1.70 bits per heavy atom. The Morgan fingerprint density at radius 1 is 1.00 bits per heavy atom. The first kappa shape index (κ1) is 39.9. The van der Waals surface area contributed by atoms with E-state index < -0.39 is 36.0 Å². The van der Waals surface area contributed by atoms with Gasteiger partial charge in [-0.15, -0.1) is 0 Å². The zero-order valence-electron chi connectivity index (χ0n) is 31.1. The number of amides is 2. The fourth-order valence-corrected chi connectivity index (χ4v) is 7.47. The highest BCUT2D eigenvalue weighted by atomic mass is 16.6. The third-order valence-corrected chi connectivity index (χ3v) is 10.9. The number of piperazine rings is 1. The van der Waals surface area contributed by atoms with E-state index in [1.54, 1.807) is 22.8 Å². The van der Waals surface area contributed by atoms with Crippen LogP contribution in [0.2, 0.25) is 0 Å². The van der Waals surface area contributed by atoms with E-state index >= 15 is 0 Å². The predicted octanol–water partition coefficient (Wildman–Crippen LogP) is 5.85. The van der Waals surface area contributed by atoms with Crippen LogP contribution >= 0.6 is 0 Å². The van der Waals surface area contributed by atoms with Crippen LogP contribution in [0, 0.1) is 17.8 Å². The maximum Gasteiger partial charge on any atom is 0.410 e. The smallest absolute Gasteiger partial charge is 0.410 e. The van der Waals surface area contributed by atoms with E-state index in [9.17, 15) is 24.6 Å². The number of allylic oxidation sites excluding steroid dienone is 2. The molecule has 11 heteroatoms. The molecule has 0 bridgehead atoms. The van der Waals surface area contributed by atoms with Crippen LogP contribution in [0.15, 0.2) is 36.0 Å². The molecule has 3 heterocycles. The highest BCUT2D eigenvalue weighted by Gasteiger charge is 2.37. The molecule has 0 aromatic heterocycles. The van der Waals surface area contributed by atoms with Gasteiger partial charge in [0.2, 0.25) is 0 Å². The maximum atomic E-state index is 13.4. The van der Waals surface area contributed by atoms with Gasteiger partial charge in [-0.1, -0.05) is 70.8 Å². The largest absolute Gasteiger partial charge is 0.457 e. The monoisotopic (exact) mass is 701 g/mol. The summed E-state index contributed by atoms with van der Waals surface area (Å²) in [5.41, 5.74) is -0.686. The number of hydrogen-bond donors (Lipinski definition) is 2. The molecule has 2 amide bonds. The van der Waals surface area contributed by atoms with Gasteiger partial charge in [0.1, 0.15) is 11.7 Å². The molecule has 7 atom stereocenters. The van der Waals surface area contributed by atoms with Crippen molar-refractivity contribution < 1.29 is 38.8 Å². The van der Waals surface area contributed by atoms with Gasteiger partial charge in [0.05, 0.1) is 19.1 Å². The Labute approximate surface area is 299 Å². The van der Waals surface area contributed by atoms with Gasteiger partial charge >= 0.3 is 18.2 Å². The molecule has 4 aliphatic rings. The molecule has 0 spiro atoms. The third-order valence-electron chi connectivity index (χ3n) is 10.9. The van der Waals surface area contributed by atoms with Crippen molar-refractivity contribution in [2.75, 3.05) is 45.9 Å². The number of carbonyl (C=O) groups excluding carboxylic acids is 3. The lowest BCUT2D eigenvalue weighted by atomic mass is 9.89. The summed E-state index contributed by atoms with van der Waals surface area (Å²) >= 11 is 0. The molecule has 1 saturated carbocycles. The van der Waals surface area contributed by atoms with Gasteiger partial charge in [0, 0.05) is 57.1 Å². The molecule has 4 rings (SSSR count). The molecule has 3 aliphatic heterocycles. The van der Waals surface area contributed by atoms with Crippen LogP contribution in [0.3, 0.4) is 0 Å². The van der Waals surface area contributed by atoms with E-state index in [0.29, 0.717) is 25.0 Å². The summed E-state index contributed by atoms with van der Waals surface area (Å²) in [6.45, 7) is 14.0. The molecule has 50 heavy (non-hydrogen) atoms.